The maximum atomic E-state index is 15.1. The first kappa shape index (κ1) is 28.0. The van der Waals surface area contributed by atoms with Crippen LogP contribution in [0.1, 0.15) is 18.5 Å². The summed E-state index contributed by atoms with van der Waals surface area (Å²) in [7, 11) is 3.65. The quantitative estimate of drug-likeness (QED) is 0.180. The summed E-state index contributed by atoms with van der Waals surface area (Å²) in [6.07, 6.45) is 5.52. The van der Waals surface area contributed by atoms with Gasteiger partial charge in [0.2, 0.25) is 0 Å². The fourth-order valence-corrected chi connectivity index (χ4v) is 5.71. The van der Waals surface area contributed by atoms with E-state index in [0.717, 1.165) is 37.6 Å². The normalized spacial score (nSPS) is 13.4. The monoisotopic (exact) mass is 626 g/mol. The summed E-state index contributed by atoms with van der Waals surface area (Å²) >= 11 is 4.87. The van der Waals surface area contributed by atoms with Crippen LogP contribution in [0.5, 0.6) is 5.75 Å². The molecule has 0 atom stereocenters. The number of pyridine rings is 1. The molecule has 1 aliphatic rings. The Kier molecular flexibility index (Phi) is 8.90. The molecular formula is C28H28BrFN6O3S. The number of carbonyl (C=O) groups excluding carboxylic acids is 1. The van der Waals surface area contributed by atoms with Gasteiger partial charge >= 0.3 is 6.03 Å². The molecular weight excluding hydrogens is 599 g/mol. The lowest BCUT2D eigenvalue weighted by molar-refractivity contribution is 0.199. The van der Waals surface area contributed by atoms with Crippen molar-refractivity contribution in [2.45, 2.75) is 19.4 Å². The molecule has 0 saturated carbocycles. The van der Waals surface area contributed by atoms with Crippen LogP contribution in [0.25, 0.3) is 20.9 Å². The number of amides is 2. The summed E-state index contributed by atoms with van der Waals surface area (Å²) in [6, 6.07) is 10.5. The number of aromatic nitrogens is 3. The van der Waals surface area contributed by atoms with Crippen molar-refractivity contribution < 1.29 is 18.7 Å². The number of rotatable bonds is 10. The molecule has 3 heterocycles. The van der Waals surface area contributed by atoms with Gasteiger partial charge in [0.05, 0.1) is 33.6 Å². The third kappa shape index (κ3) is 6.58. The topological polar surface area (TPSA) is 102 Å². The zero-order valence-electron chi connectivity index (χ0n) is 22.0. The Morgan fingerprint density at radius 2 is 2.08 bits per heavy atom. The SMILES string of the molecule is COCCNCc1cnc(-c2cc3nccc(OC4=C(F)C=C(NC(=O)Nc5cccc(Br)c5)CC4)c3s2)n1C. The number of methoxy groups -OCH3 is 1. The lowest BCUT2D eigenvalue weighted by Crippen LogP contribution is -2.29. The molecule has 0 radical (unpaired) electrons. The molecule has 3 N–H and O–H groups in total. The van der Waals surface area contributed by atoms with Gasteiger partial charge in [0.15, 0.2) is 5.83 Å². The zero-order valence-corrected chi connectivity index (χ0v) is 24.4. The largest absolute Gasteiger partial charge is 0.457 e. The number of fused-ring (bicyclic) bond motifs is 1. The average molecular weight is 628 g/mol. The predicted octanol–water partition coefficient (Wildman–Crippen LogP) is 6.25. The predicted molar refractivity (Wildman–Crippen MR) is 158 cm³/mol. The van der Waals surface area contributed by atoms with Gasteiger partial charge in [0.1, 0.15) is 17.3 Å². The van der Waals surface area contributed by atoms with E-state index in [-0.39, 0.29) is 5.76 Å². The van der Waals surface area contributed by atoms with Crippen LogP contribution in [-0.2, 0) is 18.3 Å². The van der Waals surface area contributed by atoms with Gasteiger partial charge in [-0.05, 0) is 36.8 Å². The molecule has 2 amide bonds. The Labute approximate surface area is 243 Å². The molecule has 12 heteroatoms. The number of urea groups is 1. The number of carbonyl (C=O) groups is 1. The number of benzene rings is 1. The van der Waals surface area contributed by atoms with Crippen LogP contribution in [0.3, 0.4) is 0 Å². The molecule has 1 aromatic carbocycles. The lowest BCUT2D eigenvalue weighted by atomic mass is 10.1. The molecule has 208 valence electrons. The number of ether oxygens (including phenoxy) is 2. The van der Waals surface area contributed by atoms with Crippen molar-refractivity contribution in [3.8, 4) is 16.5 Å². The fourth-order valence-electron chi connectivity index (χ4n) is 4.21. The summed E-state index contributed by atoms with van der Waals surface area (Å²) in [5, 5.41) is 8.79. The van der Waals surface area contributed by atoms with E-state index in [1.807, 2.05) is 36.0 Å². The van der Waals surface area contributed by atoms with E-state index in [1.54, 1.807) is 31.5 Å². The number of allylic oxidation sites excluding steroid dienone is 4. The van der Waals surface area contributed by atoms with Crippen LogP contribution in [0.2, 0.25) is 0 Å². The van der Waals surface area contributed by atoms with Crippen molar-refractivity contribution in [2.75, 3.05) is 25.6 Å². The molecule has 0 fully saturated rings. The van der Waals surface area contributed by atoms with Crippen molar-refractivity contribution in [2.24, 2.45) is 7.05 Å². The standard InChI is InChI=1S/C28H28BrFN6O3S/c1-36-20(15-31-10-11-38-2)16-33-27(36)25-14-22-26(40-25)24(8-9-32-22)39-23-7-6-19(13-21(23)30)35-28(37)34-18-5-3-4-17(29)12-18/h3-5,8-9,12-14,16,31H,6-7,10-11,15H2,1-2H3,(H2,34,35,37). The number of nitrogens with zero attached hydrogens (tertiary/aromatic N) is 3. The first-order valence-corrected chi connectivity index (χ1v) is 14.2. The van der Waals surface area contributed by atoms with Crippen LogP contribution in [0.15, 0.2) is 76.6 Å². The van der Waals surface area contributed by atoms with Crippen molar-refractivity contribution >= 4 is 49.2 Å². The Balaban J connectivity index is 1.29. The summed E-state index contributed by atoms with van der Waals surface area (Å²) in [5.41, 5.74) is 2.89. The van der Waals surface area contributed by atoms with Gasteiger partial charge < -0.3 is 30.0 Å². The van der Waals surface area contributed by atoms with Gasteiger partial charge in [0.25, 0.3) is 0 Å². The molecule has 0 unspecified atom stereocenters. The van der Waals surface area contributed by atoms with Crippen LogP contribution in [0, 0.1) is 0 Å². The van der Waals surface area contributed by atoms with Crippen LogP contribution in [0.4, 0.5) is 14.9 Å². The van der Waals surface area contributed by atoms with Crippen molar-refractivity contribution in [3.05, 3.63) is 82.3 Å². The average Bonchev–Trinajstić information content (AvgIpc) is 3.52. The molecule has 4 aromatic rings. The fraction of sp³-hybridized carbons (Fsp3) is 0.250. The zero-order chi connectivity index (χ0) is 28.1. The van der Waals surface area contributed by atoms with Gasteiger partial charge in [-0.1, -0.05) is 22.0 Å². The lowest BCUT2D eigenvalue weighted by Gasteiger charge is -2.18. The number of halogens is 2. The van der Waals surface area contributed by atoms with E-state index in [1.165, 1.54) is 17.4 Å². The number of hydrogen-bond donors (Lipinski definition) is 3. The minimum absolute atomic E-state index is 0.210. The summed E-state index contributed by atoms with van der Waals surface area (Å²) < 4.78 is 29.9. The number of thiophene rings is 1. The van der Waals surface area contributed by atoms with Gasteiger partial charge in [-0.2, -0.15) is 0 Å². The van der Waals surface area contributed by atoms with Crippen molar-refractivity contribution in [3.63, 3.8) is 0 Å². The molecule has 0 aliphatic heterocycles. The van der Waals surface area contributed by atoms with E-state index >= 15 is 4.39 Å². The van der Waals surface area contributed by atoms with E-state index in [2.05, 4.69) is 41.8 Å². The highest BCUT2D eigenvalue weighted by Crippen LogP contribution is 2.39. The summed E-state index contributed by atoms with van der Waals surface area (Å²) in [4.78, 5) is 22.4. The molecule has 0 saturated heterocycles. The van der Waals surface area contributed by atoms with Gasteiger partial charge in [-0.3, -0.25) is 4.98 Å². The third-order valence-electron chi connectivity index (χ3n) is 6.25. The number of anilines is 1. The third-order valence-corrected chi connectivity index (χ3v) is 7.88. The van der Waals surface area contributed by atoms with Crippen molar-refractivity contribution in [1.29, 1.82) is 0 Å². The number of imidazole rings is 1. The first-order chi connectivity index (χ1) is 19.4. The molecule has 9 nitrogen and oxygen atoms in total. The van der Waals surface area contributed by atoms with E-state index in [9.17, 15) is 4.79 Å². The molecule has 3 aromatic heterocycles. The first-order valence-electron chi connectivity index (χ1n) is 12.6. The second kappa shape index (κ2) is 12.7. The highest BCUT2D eigenvalue weighted by atomic mass is 79.9. The minimum Gasteiger partial charge on any atom is -0.457 e. The second-order valence-corrected chi connectivity index (χ2v) is 11.0. The van der Waals surface area contributed by atoms with E-state index in [0.29, 0.717) is 43.1 Å². The minimum atomic E-state index is -0.527. The highest BCUT2D eigenvalue weighted by molar-refractivity contribution is 9.10. The molecule has 0 spiro atoms. The summed E-state index contributed by atoms with van der Waals surface area (Å²) in [6.45, 7) is 2.07. The Morgan fingerprint density at radius 3 is 2.88 bits per heavy atom. The van der Waals surface area contributed by atoms with Gasteiger partial charge in [0, 0.05) is 61.8 Å². The van der Waals surface area contributed by atoms with Crippen LogP contribution >= 0.6 is 27.3 Å². The van der Waals surface area contributed by atoms with Gasteiger partial charge in [-0.15, -0.1) is 11.3 Å². The highest BCUT2D eigenvalue weighted by Gasteiger charge is 2.20. The van der Waals surface area contributed by atoms with Crippen LogP contribution < -0.4 is 20.7 Å². The number of hydrogen-bond acceptors (Lipinski definition) is 7. The molecule has 0 bridgehead atoms. The maximum absolute atomic E-state index is 15.1. The Hall–Kier alpha value is -3.58. The van der Waals surface area contributed by atoms with E-state index in [4.69, 9.17) is 9.47 Å². The number of nitrogens with one attached hydrogen (secondary N) is 3. The Bertz CT molecular complexity index is 1600. The molecule has 40 heavy (non-hydrogen) atoms. The second-order valence-electron chi connectivity index (χ2n) is 9.07. The Morgan fingerprint density at radius 1 is 1.20 bits per heavy atom. The van der Waals surface area contributed by atoms with Crippen molar-refractivity contribution in [1.82, 2.24) is 25.2 Å². The van der Waals surface area contributed by atoms with E-state index < -0.39 is 11.9 Å². The molecule has 5 rings (SSSR count). The van der Waals surface area contributed by atoms with Gasteiger partial charge in [-0.25, -0.2) is 14.2 Å². The van der Waals surface area contributed by atoms with Crippen LogP contribution in [-0.4, -0.2) is 40.8 Å². The smallest absolute Gasteiger partial charge is 0.323 e. The summed E-state index contributed by atoms with van der Waals surface area (Å²) in [5.74, 6) is 1.03. The maximum Gasteiger partial charge on any atom is 0.323 e. The molecule has 1 aliphatic carbocycles.